The van der Waals surface area contributed by atoms with Crippen LogP contribution in [0, 0.1) is 0 Å². The lowest BCUT2D eigenvalue weighted by Gasteiger charge is -2.18. The van der Waals surface area contributed by atoms with Gasteiger partial charge in [-0.25, -0.2) is 0 Å². The Bertz CT molecular complexity index is 641. The first-order chi connectivity index (χ1) is 13.7. The van der Waals surface area contributed by atoms with Crippen molar-refractivity contribution in [3.05, 3.63) is 0 Å². The number of aliphatic hydroxyl groups is 1. The Morgan fingerprint density at radius 2 is 1.72 bits per heavy atom. The molecule has 0 aromatic carbocycles. The van der Waals surface area contributed by atoms with Crippen LogP contribution in [0.25, 0.3) is 0 Å². The van der Waals surface area contributed by atoms with Crippen molar-refractivity contribution in [3.8, 4) is 0 Å². The standard InChI is InChI=1S/C16H25N5O8/c22-3-1-2-10(15(28)19-6-12(24)18-8-14(26)27)21-13(25)7-20-16(29)11-4-9(23)5-17-11/h3,9-11,17,23H,1-2,4-8H2,(H,18,24)(H,19,28)(H,20,29)(H,21,25)(H,26,27)/t9-,10-,11+/m0/s1. The summed E-state index contributed by atoms with van der Waals surface area (Å²) in [4.78, 5) is 68.4. The van der Waals surface area contributed by atoms with Gasteiger partial charge in [-0.2, -0.15) is 0 Å². The molecule has 0 bridgehead atoms. The zero-order valence-corrected chi connectivity index (χ0v) is 15.6. The second-order valence-electron chi connectivity index (χ2n) is 6.32. The van der Waals surface area contributed by atoms with Crippen LogP contribution in [0.3, 0.4) is 0 Å². The van der Waals surface area contributed by atoms with Gasteiger partial charge in [0.1, 0.15) is 18.9 Å². The third-order valence-electron chi connectivity index (χ3n) is 3.93. The van der Waals surface area contributed by atoms with Crippen molar-refractivity contribution in [2.24, 2.45) is 0 Å². The first kappa shape index (κ1) is 24.0. The number of carbonyl (C=O) groups excluding carboxylic acids is 5. The smallest absolute Gasteiger partial charge is 0.322 e. The molecule has 0 aliphatic carbocycles. The highest BCUT2D eigenvalue weighted by Gasteiger charge is 2.28. The highest BCUT2D eigenvalue weighted by Crippen LogP contribution is 2.05. The first-order valence-electron chi connectivity index (χ1n) is 8.91. The second kappa shape index (κ2) is 12.4. The van der Waals surface area contributed by atoms with Crippen LogP contribution in [-0.4, -0.2) is 90.5 Å². The molecule has 1 rings (SSSR count). The molecule has 13 nitrogen and oxygen atoms in total. The summed E-state index contributed by atoms with van der Waals surface area (Å²) in [5, 5.41) is 29.7. The normalized spacial score (nSPS) is 18.9. The maximum atomic E-state index is 12.1. The lowest BCUT2D eigenvalue weighted by Crippen LogP contribution is -2.52. The van der Waals surface area contributed by atoms with E-state index in [0.717, 1.165) is 0 Å². The highest BCUT2D eigenvalue weighted by atomic mass is 16.4. The van der Waals surface area contributed by atoms with Gasteiger partial charge in [-0.1, -0.05) is 0 Å². The van der Waals surface area contributed by atoms with Crippen molar-refractivity contribution < 1.29 is 39.0 Å². The molecule has 0 saturated carbocycles. The van der Waals surface area contributed by atoms with E-state index in [1.54, 1.807) is 0 Å². The molecule has 162 valence electrons. The van der Waals surface area contributed by atoms with E-state index >= 15 is 0 Å². The van der Waals surface area contributed by atoms with Crippen LogP contribution in [0.15, 0.2) is 0 Å². The SMILES string of the molecule is O=CCC[C@H](NC(=O)CNC(=O)[C@H]1C[C@H](O)CN1)C(=O)NCC(=O)NCC(=O)O. The molecule has 4 amide bonds. The number of carbonyl (C=O) groups is 6. The summed E-state index contributed by atoms with van der Waals surface area (Å²) in [6, 6.07) is -1.74. The molecule has 1 aliphatic heterocycles. The molecule has 1 saturated heterocycles. The summed E-state index contributed by atoms with van der Waals surface area (Å²) in [5.41, 5.74) is 0. The maximum Gasteiger partial charge on any atom is 0.322 e. The van der Waals surface area contributed by atoms with Crippen molar-refractivity contribution in [1.29, 1.82) is 0 Å². The predicted molar refractivity (Wildman–Crippen MR) is 96.3 cm³/mol. The van der Waals surface area contributed by atoms with Crippen molar-refractivity contribution in [1.82, 2.24) is 26.6 Å². The third kappa shape index (κ3) is 9.62. The molecule has 0 radical (unpaired) electrons. The minimum absolute atomic E-state index is 0.0257. The Morgan fingerprint density at radius 1 is 1.03 bits per heavy atom. The van der Waals surface area contributed by atoms with Crippen molar-refractivity contribution in [2.45, 2.75) is 37.5 Å². The minimum Gasteiger partial charge on any atom is -0.480 e. The van der Waals surface area contributed by atoms with Crippen molar-refractivity contribution in [3.63, 3.8) is 0 Å². The molecule has 13 heteroatoms. The van der Waals surface area contributed by atoms with E-state index in [1.807, 2.05) is 0 Å². The Balaban J connectivity index is 2.45. The monoisotopic (exact) mass is 415 g/mol. The molecule has 0 unspecified atom stereocenters. The number of carboxylic acids is 1. The van der Waals surface area contributed by atoms with E-state index in [-0.39, 0.29) is 25.8 Å². The van der Waals surface area contributed by atoms with Gasteiger partial charge in [0.15, 0.2) is 0 Å². The third-order valence-corrected chi connectivity index (χ3v) is 3.93. The number of amides is 4. The molecule has 0 aromatic rings. The van der Waals surface area contributed by atoms with Crippen LogP contribution < -0.4 is 26.6 Å². The molecular formula is C16H25N5O8. The fraction of sp³-hybridized carbons (Fsp3) is 0.625. The number of aliphatic hydroxyl groups excluding tert-OH is 1. The molecular weight excluding hydrogens is 390 g/mol. The van der Waals surface area contributed by atoms with Crippen LogP contribution in [0.5, 0.6) is 0 Å². The Morgan fingerprint density at radius 3 is 2.31 bits per heavy atom. The average molecular weight is 415 g/mol. The number of hydrogen-bond donors (Lipinski definition) is 7. The summed E-state index contributed by atoms with van der Waals surface area (Å²) in [6.07, 6.45) is 0.0953. The van der Waals surface area contributed by atoms with E-state index in [1.165, 1.54) is 0 Å². The van der Waals surface area contributed by atoms with Gasteiger partial charge in [-0.3, -0.25) is 24.0 Å². The van der Waals surface area contributed by atoms with E-state index in [4.69, 9.17) is 5.11 Å². The summed E-state index contributed by atoms with van der Waals surface area (Å²) >= 11 is 0. The maximum absolute atomic E-state index is 12.1. The molecule has 29 heavy (non-hydrogen) atoms. The molecule has 0 aromatic heterocycles. The lowest BCUT2D eigenvalue weighted by molar-refractivity contribution is -0.138. The largest absolute Gasteiger partial charge is 0.480 e. The van der Waals surface area contributed by atoms with Crippen LogP contribution in [0.1, 0.15) is 19.3 Å². The van der Waals surface area contributed by atoms with Crippen molar-refractivity contribution >= 4 is 35.9 Å². The van der Waals surface area contributed by atoms with Gasteiger partial charge in [0.2, 0.25) is 23.6 Å². The number of rotatable bonds is 12. The van der Waals surface area contributed by atoms with Crippen LogP contribution in [-0.2, 0) is 28.8 Å². The van der Waals surface area contributed by atoms with Gasteiger partial charge >= 0.3 is 5.97 Å². The van der Waals surface area contributed by atoms with E-state index < -0.39 is 67.4 Å². The summed E-state index contributed by atoms with van der Waals surface area (Å²) in [5.74, 6) is -3.87. The first-order valence-corrected chi connectivity index (χ1v) is 8.91. The summed E-state index contributed by atoms with van der Waals surface area (Å²) < 4.78 is 0. The van der Waals surface area contributed by atoms with E-state index in [9.17, 15) is 33.9 Å². The molecule has 1 fully saturated rings. The number of aliphatic carboxylic acids is 1. The topological polar surface area (TPSA) is 203 Å². The number of hydrogen-bond acceptors (Lipinski definition) is 8. The van der Waals surface area contributed by atoms with Gasteiger partial charge in [0.05, 0.1) is 25.2 Å². The van der Waals surface area contributed by atoms with E-state index in [0.29, 0.717) is 6.29 Å². The zero-order chi connectivity index (χ0) is 21.8. The predicted octanol–water partition coefficient (Wildman–Crippen LogP) is -4.39. The second-order valence-corrected chi connectivity index (χ2v) is 6.32. The van der Waals surface area contributed by atoms with Crippen LogP contribution in [0.4, 0.5) is 0 Å². The van der Waals surface area contributed by atoms with Gasteiger partial charge < -0.3 is 41.6 Å². The van der Waals surface area contributed by atoms with Gasteiger partial charge in [-0.05, 0) is 12.8 Å². The quantitative estimate of drug-likeness (QED) is 0.154. The zero-order valence-electron chi connectivity index (χ0n) is 15.6. The lowest BCUT2D eigenvalue weighted by atomic mass is 10.1. The van der Waals surface area contributed by atoms with E-state index in [2.05, 4.69) is 26.6 Å². The fourth-order valence-corrected chi connectivity index (χ4v) is 2.48. The number of nitrogens with one attached hydrogen (secondary N) is 5. The molecule has 1 heterocycles. The van der Waals surface area contributed by atoms with Gasteiger partial charge in [0, 0.05) is 13.0 Å². The number of β-amino-alcohol motifs (C(OH)–C–C–N with tert-alkyl or cyclic N) is 1. The fourth-order valence-electron chi connectivity index (χ4n) is 2.48. The molecule has 0 spiro atoms. The van der Waals surface area contributed by atoms with Gasteiger partial charge in [0.25, 0.3) is 0 Å². The Labute approximate surface area is 166 Å². The van der Waals surface area contributed by atoms with Crippen LogP contribution in [0.2, 0.25) is 0 Å². The molecule has 7 N–H and O–H groups in total. The van der Waals surface area contributed by atoms with Crippen LogP contribution >= 0.6 is 0 Å². The molecule has 1 aliphatic rings. The Hall–Kier alpha value is -3.06. The van der Waals surface area contributed by atoms with Crippen molar-refractivity contribution in [2.75, 3.05) is 26.2 Å². The Kier molecular flexibility index (Phi) is 10.3. The summed E-state index contributed by atoms with van der Waals surface area (Å²) in [7, 11) is 0. The number of aldehydes is 1. The molecule has 3 atom stereocenters. The number of carboxylic acid groups (broad SMARTS) is 1. The minimum atomic E-state index is -1.25. The van der Waals surface area contributed by atoms with Gasteiger partial charge in [-0.15, -0.1) is 0 Å². The average Bonchev–Trinajstić information content (AvgIpc) is 3.12. The highest BCUT2D eigenvalue weighted by molar-refractivity contribution is 5.93. The summed E-state index contributed by atoms with van der Waals surface area (Å²) in [6.45, 7) is -1.26.